The first-order valence-electron chi connectivity index (χ1n) is 9.76. The van der Waals surface area contributed by atoms with Gasteiger partial charge in [-0.1, -0.05) is 30.3 Å². The number of anilines is 1. The van der Waals surface area contributed by atoms with Gasteiger partial charge in [0.15, 0.2) is 0 Å². The lowest BCUT2D eigenvalue weighted by Crippen LogP contribution is -2.26. The monoisotopic (exact) mass is 449 g/mol. The van der Waals surface area contributed by atoms with Crippen molar-refractivity contribution in [3.63, 3.8) is 0 Å². The molecule has 3 rings (SSSR count). The number of amides is 1. The van der Waals surface area contributed by atoms with E-state index < -0.39 is 10.0 Å². The number of hydrogen-bond donors (Lipinski definition) is 1. The Hall–Kier alpha value is -3.83. The molecule has 0 aliphatic heterocycles. The van der Waals surface area contributed by atoms with Gasteiger partial charge in [-0.3, -0.25) is 9.52 Å². The number of para-hydroxylation sites is 2. The van der Waals surface area contributed by atoms with E-state index in [1.165, 1.54) is 18.1 Å². The van der Waals surface area contributed by atoms with Crippen molar-refractivity contribution in [2.45, 2.75) is 18.4 Å². The van der Waals surface area contributed by atoms with Gasteiger partial charge in [-0.15, -0.1) is 0 Å². The van der Waals surface area contributed by atoms with Gasteiger partial charge in [0.25, 0.3) is 15.9 Å². The average Bonchev–Trinajstić information content (AvgIpc) is 2.79. The topological polar surface area (TPSA) is 99.5 Å². The number of aryl methyl sites for hydroxylation is 1. The first kappa shape index (κ1) is 22.8. The van der Waals surface area contributed by atoms with Crippen LogP contribution in [0.4, 0.5) is 5.69 Å². The number of hydrogen-bond acceptors (Lipinski definition) is 5. The molecule has 0 fully saturated rings. The van der Waals surface area contributed by atoms with Crippen LogP contribution >= 0.6 is 0 Å². The number of nitrogens with one attached hydrogen (secondary N) is 1. The highest BCUT2D eigenvalue weighted by Gasteiger charge is 2.22. The molecular formula is C24H23N3O4S. The maximum atomic E-state index is 13.1. The first-order valence-corrected chi connectivity index (χ1v) is 11.2. The minimum atomic E-state index is -3.96. The van der Waals surface area contributed by atoms with E-state index in [9.17, 15) is 13.2 Å². The van der Waals surface area contributed by atoms with Crippen LogP contribution in [0.5, 0.6) is 5.75 Å². The number of sulfonamides is 1. The van der Waals surface area contributed by atoms with Gasteiger partial charge in [-0.05, 0) is 54.4 Å². The molecular weight excluding hydrogens is 426 g/mol. The molecule has 0 radical (unpaired) electrons. The van der Waals surface area contributed by atoms with Gasteiger partial charge < -0.3 is 9.64 Å². The van der Waals surface area contributed by atoms with Gasteiger partial charge in [0.05, 0.1) is 29.3 Å². The highest BCUT2D eigenvalue weighted by Crippen LogP contribution is 2.27. The second-order valence-corrected chi connectivity index (χ2v) is 8.91. The minimum Gasteiger partial charge on any atom is -0.495 e. The maximum absolute atomic E-state index is 13.1. The number of nitrogens with zero attached hydrogens (tertiary/aromatic N) is 2. The zero-order chi connectivity index (χ0) is 23.3. The van der Waals surface area contributed by atoms with E-state index in [1.807, 2.05) is 0 Å². The lowest BCUT2D eigenvalue weighted by atomic mass is 10.1. The Morgan fingerprint density at radius 2 is 1.78 bits per heavy atom. The van der Waals surface area contributed by atoms with Gasteiger partial charge in [-0.2, -0.15) is 5.26 Å². The Labute approximate surface area is 187 Å². The van der Waals surface area contributed by atoms with Crippen LogP contribution in [0.3, 0.4) is 0 Å². The van der Waals surface area contributed by atoms with Gasteiger partial charge >= 0.3 is 0 Å². The summed E-state index contributed by atoms with van der Waals surface area (Å²) in [6.07, 6.45) is 0. The summed E-state index contributed by atoms with van der Waals surface area (Å²) in [4.78, 5) is 14.5. The third-order valence-electron chi connectivity index (χ3n) is 4.93. The van der Waals surface area contributed by atoms with Crippen LogP contribution in [0, 0.1) is 18.3 Å². The molecule has 8 heteroatoms. The number of rotatable bonds is 7. The second kappa shape index (κ2) is 9.54. The summed E-state index contributed by atoms with van der Waals surface area (Å²) in [7, 11) is -0.856. The number of carbonyl (C=O) groups excluding carboxylic acids is 1. The Balaban J connectivity index is 1.85. The molecule has 164 valence electrons. The Kier molecular flexibility index (Phi) is 6.81. The fourth-order valence-corrected chi connectivity index (χ4v) is 4.54. The zero-order valence-corrected chi connectivity index (χ0v) is 18.8. The Morgan fingerprint density at radius 3 is 2.44 bits per heavy atom. The molecule has 1 amide bonds. The van der Waals surface area contributed by atoms with Gasteiger partial charge in [0.1, 0.15) is 5.75 Å². The maximum Gasteiger partial charge on any atom is 0.262 e. The number of nitriles is 1. The molecule has 0 bridgehead atoms. The standard InChI is InChI=1S/C24H23N3O4S/c1-17-8-13-20(24(28)27(2)16-19-11-9-18(15-25)10-12-19)14-23(17)32(29,30)26-21-6-4-5-7-22(21)31-3/h4-14,26H,16H2,1-3H3. The van der Waals surface area contributed by atoms with E-state index in [-0.39, 0.29) is 16.4 Å². The lowest BCUT2D eigenvalue weighted by molar-refractivity contribution is 0.0785. The van der Waals surface area contributed by atoms with E-state index in [4.69, 9.17) is 10.00 Å². The smallest absolute Gasteiger partial charge is 0.262 e. The molecule has 0 heterocycles. The van der Waals surface area contributed by atoms with Crippen molar-refractivity contribution in [1.29, 1.82) is 5.26 Å². The van der Waals surface area contributed by atoms with E-state index in [2.05, 4.69) is 10.8 Å². The molecule has 0 saturated carbocycles. The summed E-state index contributed by atoms with van der Waals surface area (Å²) in [5.74, 6) is 0.0752. The van der Waals surface area contributed by atoms with Crippen LogP contribution in [0.2, 0.25) is 0 Å². The van der Waals surface area contributed by atoms with Crippen LogP contribution in [0.25, 0.3) is 0 Å². The molecule has 1 N–H and O–H groups in total. The third kappa shape index (κ3) is 5.07. The van der Waals surface area contributed by atoms with Crippen LogP contribution in [-0.2, 0) is 16.6 Å². The summed E-state index contributed by atoms with van der Waals surface area (Å²) in [5.41, 5.74) is 2.48. The summed E-state index contributed by atoms with van der Waals surface area (Å²) < 4.78 is 33.9. The molecule has 0 saturated heterocycles. The summed E-state index contributed by atoms with van der Waals surface area (Å²) in [6.45, 7) is 1.99. The Bertz CT molecular complexity index is 1280. The highest BCUT2D eigenvalue weighted by atomic mass is 32.2. The molecule has 0 aliphatic carbocycles. The Morgan fingerprint density at radius 1 is 1.09 bits per heavy atom. The normalized spacial score (nSPS) is 10.8. The van der Waals surface area contributed by atoms with Crippen LogP contribution in [-0.4, -0.2) is 33.4 Å². The number of methoxy groups -OCH3 is 1. The van der Waals surface area contributed by atoms with Crippen molar-refractivity contribution >= 4 is 21.6 Å². The van der Waals surface area contributed by atoms with E-state index in [0.717, 1.165) is 5.56 Å². The summed E-state index contributed by atoms with van der Waals surface area (Å²) in [5, 5.41) is 8.91. The van der Waals surface area contributed by atoms with Crippen molar-refractivity contribution in [3.8, 4) is 11.8 Å². The molecule has 0 unspecified atom stereocenters. The molecule has 0 atom stereocenters. The summed E-state index contributed by atoms with van der Waals surface area (Å²) in [6, 6.07) is 20.3. The predicted octanol–water partition coefficient (Wildman–Crippen LogP) is 3.95. The third-order valence-corrected chi connectivity index (χ3v) is 6.43. The van der Waals surface area contributed by atoms with E-state index in [0.29, 0.717) is 29.1 Å². The SMILES string of the molecule is COc1ccccc1NS(=O)(=O)c1cc(C(=O)N(C)Cc2ccc(C#N)cc2)ccc1C. The van der Waals surface area contributed by atoms with E-state index >= 15 is 0 Å². The first-order chi connectivity index (χ1) is 15.2. The molecule has 3 aromatic rings. The van der Waals surface area contributed by atoms with Gasteiger partial charge in [-0.25, -0.2) is 8.42 Å². The lowest BCUT2D eigenvalue weighted by Gasteiger charge is -2.19. The number of benzene rings is 3. The van der Waals surface area contributed by atoms with Gasteiger partial charge in [0.2, 0.25) is 0 Å². The molecule has 0 aliphatic rings. The van der Waals surface area contributed by atoms with Crippen LogP contribution in [0.15, 0.2) is 71.6 Å². The predicted molar refractivity (Wildman–Crippen MR) is 122 cm³/mol. The summed E-state index contributed by atoms with van der Waals surface area (Å²) >= 11 is 0. The van der Waals surface area contributed by atoms with Crippen molar-refractivity contribution in [2.75, 3.05) is 18.9 Å². The fraction of sp³-hybridized carbons (Fsp3) is 0.167. The quantitative estimate of drug-likeness (QED) is 0.589. The average molecular weight is 450 g/mol. The van der Waals surface area contributed by atoms with Gasteiger partial charge in [0, 0.05) is 19.2 Å². The minimum absolute atomic E-state index is 0.0148. The van der Waals surface area contributed by atoms with Crippen LogP contribution in [0.1, 0.15) is 27.0 Å². The zero-order valence-electron chi connectivity index (χ0n) is 18.0. The molecule has 32 heavy (non-hydrogen) atoms. The molecule has 3 aromatic carbocycles. The fourth-order valence-electron chi connectivity index (χ4n) is 3.20. The van der Waals surface area contributed by atoms with Crippen molar-refractivity contribution in [3.05, 3.63) is 89.0 Å². The van der Waals surface area contributed by atoms with Crippen molar-refractivity contribution < 1.29 is 17.9 Å². The second-order valence-electron chi connectivity index (χ2n) is 7.26. The largest absolute Gasteiger partial charge is 0.495 e. The molecule has 7 nitrogen and oxygen atoms in total. The van der Waals surface area contributed by atoms with Crippen LogP contribution < -0.4 is 9.46 Å². The van der Waals surface area contributed by atoms with Crippen molar-refractivity contribution in [1.82, 2.24) is 4.90 Å². The molecule has 0 spiro atoms. The van der Waals surface area contributed by atoms with Crippen molar-refractivity contribution in [2.24, 2.45) is 0 Å². The van der Waals surface area contributed by atoms with E-state index in [1.54, 1.807) is 74.6 Å². The molecule has 0 aromatic heterocycles. The number of carbonyl (C=O) groups is 1. The highest BCUT2D eigenvalue weighted by molar-refractivity contribution is 7.92. The number of ether oxygens (including phenoxy) is 1.